The van der Waals surface area contributed by atoms with Gasteiger partial charge in [0.1, 0.15) is 4.88 Å². The quantitative estimate of drug-likeness (QED) is 0.744. The number of anilines is 1. The number of carbonyl (C=O) groups is 1. The molecule has 1 rings (SSSR count). The van der Waals surface area contributed by atoms with Crippen LogP contribution in [0, 0.1) is 0 Å². The monoisotopic (exact) mass is 242 g/mol. The minimum atomic E-state index is -0.316. The van der Waals surface area contributed by atoms with E-state index >= 15 is 0 Å². The zero-order valence-electron chi connectivity index (χ0n) is 10.2. The van der Waals surface area contributed by atoms with Crippen molar-refractivity contribution >= 4 is 22.4 Å². The summed E-state index contributed by atoms with van der Waals surface area (Å²) in [6.45, 7) is 7.32. The van der Waals surface area contributed by atoms with Gasteiger partial charge < -0.3 is 9.64 Å². The Kier molecular flexibility index (Phi) is 4.73. The molecule has 1 aromatic heterocycles. The van der Waals surface area contributed by atoms with Crippen LogP contribution in [0.2, 0.25) is 0 Å². The molecule has 90 valence electrons. The number of hydrogen-bond donors (Lipinski definition) is 0. The third kappa shape index (κ3) is 2.95. The fourth-order valence-electron chi connectivity index (χ4n) is 1.41. The van der Waals surface area contributed by atoms with Crippen LogP contribution in [0.15, 0.2) is 6.20 Å². The number of aromatic nitrogens is 1. The van der Waals surface area contributed by atoms with Gasteiger partial charge in [0.15, 0.2) is 5.13 Å². The summed E-state index contributed by atoms with van der Waals surface area (Å²) in [5.41, 5.74) is 0. The molecule has 0 amide bonds. The van der Waals surface area contributed by atoms with Gasteiger partial charge in [-0.2, -0.15) is 0 Å². The molecule has 0 aliphatic rings. The van der Waals surface area contributed by atoms with Gasteiger partial charge in [0.25, 0.3) is 0 Å². The Bertz CT molecular complexity index is 350. The Labute approximate surface area is 100 Å². The lowest BCUT2D eigenvalue weighted by atomic mass is 10.3. The van der Waals surface area contributed by atoms with E-state index in [-0.39, 0.29) is 5.97 Å². The highest BCUT2D eigenvalue weighted by atomic mass is 32.1. The van der Waals surface area contributed by atoms with Crippen molar-refractivity contribution in [3.8, 4) is 0 Å². The molecule has 0 atom stereocenters. The molecule has 0 N–H and O–H groups in total. The maximum absolute atomic E-state index is 11.3. The predicted molar refractivity (Wildman–Crippen MR) is 66.2 cm³/mol. The first-order chi connectivity index (χ1) is 7.60. The second-order valence-corrected chi connectivity index (χ2v) is 4.79. The lowest BCUT2D eigenvalue weighted by Gasteiger charge is -2.25. The molecule has 0 spiro atoms. The zero-order valence-corrected chi connectivity index (χ0v) is 11.0. The van der Waals surface area contributed by atoms with Gasteiger partial charge in [0.05, 0.1) is 13.3 Å². The highest BCUT2D eigenvalue weighted by Crippen LogP contribution is 2.24. The predicted octanol–water partition coefficient (Wildman–Crippen LogP) is 2.55. The topological polar surface area (TPSA) is 42.4 Å². The summed E-state index contributed by atoms with van der Waals surface area (Å²) in [7, 11) is 1.38. The van der Waals surface area contributed by atoms with Crippen molar-refractivity contribution in [2.24, 2.45) is 0 Å². The molecule has 1 heterocycles. The minimum Gasteiger partial charge on any atom is -0.465 e. The minimum absolute atomic E-state index is 0.316. The van der Waals surface area contributed by atoms with E-state index in [1.54, 1.807) is 6.20 Å². The van der Waals surface area contributed by atoms with Gasteiger partial charge in [0.2, 0.25) is 0 Å². The molecule has 0 saturated carbocycles. The Balaban J connectivity index is 2.85. The van der Waals surface area contributed by atoms with Crippen LogP contribution in [-0.4, -0.2) is 30.6 Å². The van der Waals surface area contributed by atoms with Crippen molar-refractivity contribution in [1.29, 1.82) is 0 Å². The van der Waals surface area contributed by atoms with Crippen LogP contribution in [0.1, 0.15) is 36.9 Å². The van der Waals surface area contributed by atoms with Gasteiger partial charge >= 0.3 is 5.97 Å². The lowest BCUT2D eigenvalue weighted by Crippen LogP contribution is -2.31. The van der Waals surface area contributed by atoms with Gasteiger partial charge in [-0.05, 0) is 20.3 Å². The molecule has 1 aromatic rings. The number of nitrogens with zero attached hydrogens (tertiary/aromatic N) is 2. The maximum atomic E-state index is 11.3. The number of thiazole rings is 1. The van der Waals surface area contributed by atoms with Crippen LogP contribution in [0.3, 0.4) is 0 Å². The highest BCUT2D eigenvalue weighted by Gasteiger charge is 2.16. The molecule has 0 radical (unpaired) electrons. The Hall–Kier alpha value is -1.10. The molecule has 0 bridgehead atoms. The van der Waals surface area contributed by atoms with Crippen LogP contribution in [0.25, 0.3) is 0 Å². The first-order valence-corrected chi connectivity index (χ1v) is 6.22. The van der Waals surface area contributed by atoms with Crippen LogP contribution < -0.4 is 4.90 Å². The van der Waals surface area contributed by atoms with E-state index in [0.717, 1.165) is 18.1 Å². The van der Waals surface area contributed by atoms with Crippen molar-refractivity contribution in [2.75, 3.05) is 18.6 Å². The smallest absolute Gasteiger partial charge is 0.349 e. The summed E-state index contributed by atoms with van der Waals surface area (Å²) < 4.78 is 4.66. The normalized spacial score (nSPS) is 10.6. The molecule has 0 saturated heterocycles. The molecular weight excluding hydrogens is 224 g/mol. The molecular formula is C11H18N2O2S. The van der Waals surface area contributed by atoms with Crippen LogP contribution in [-0.2, 0) is 4.74 Å². The second kappa shape index (κ2) is 5.84. The summed E-state index contributed by atoms with van der Waals surface area (Å²) >= 11 is 1.38. The van der Waals surface area contributed by atoms with Crippen LogP contribution >= 0.6 is 11.3 Å². The molecule has 0 fully saturated rings. The number of esters is 1. The molecule has 0 unspecified atom stereocenters. The highest BCUT2D eigenvalue weighted by molar-refractivity contribution is 7.17. The van der Waals surface area contributed by atoms with Crippen molar-refractivity contribution in [2.45, 2.75) is 33.2 Å². The van der Waals surface area contributed by atoms with Gasteiger partial charge in [0, 0.05) is 12.6 Å². The van der Waals surface area contributed by atoms with E-state index in [0.29, 0.717) is 10.9 Å². The number of carbonyl (C=O) groups excluding carboxylic acids is 1. The molecule has 4 nitrogen and oxygen atoms in total. The Morgan fingerprint density at radius 1 is 1.62 bits per heavy atom. The second-order valence-electron chi connectivity index (χ2n) is 3.79. The molecule has 0 aromatic carbocycles. The third-order valence-corrected chi connectivity index (χ3v) is 3.23. The van der Waals surface area contributed by atoms with E-state index in [2.05, 4.69) is 35.4 Å². The largest absolute Gasteiger partial charge is 0.465 e. The SMILES string of the molecule is CCCN(c1ncc(C(=O)OC)s1)C(C)C. The summed E-state index contributed by atoms with van der Waals surface area (Å²) in [5, 5.41) is 0.886. The standard InChI is InChI=1S/C11H18N2O2S/c1-5-6-13(8(2)3)11-12-7-9(16-11)10(14)15-4/h7-8H,5-6H2,1-4H3. The Morgan fingerprint density at radius 3 is 2.81 bits per heavy atom. The number of hydrogen-bond acceptors (Lipinski definition) is 5. The number of methoxy groups -OCH3 is 1. The average molecular weight is 242 g/mol. The van der Waals surface area contributed by atoms with Crippen molar-refractivity contribution in [1.82, 2.24) is 4.98 Å². The molecule has 16 heavy (non-hydrogen) atoms. The summed E-state index contributed by atoms with van der Waals surface area (Å²) in [4.78, 5) is 18.3. The fraction of sp³-hybridized carbons (Fsp3) is 0.636. The van der Waals surface area contributed by atoms with Gasteiger partial charge in [-0.25, -0.2) is 9.78 Å². The van der Waals surface area contributed by atoms with E-state index in [1.807, 2.05) is 0 Å². The summed E-state index contributed by atoms with van der Waals surface area (Å²) in [6.07, 6.45) is 2.64. The van der Waals surface area contributed by atoms with E-state index in [9.17, 15) is 4.79 Å². The first kappa shape index (κ1) is 13.0. The summed E-state index contributed by atoms with van der Waals surface area (Å²) in [6, 6.07) is 0.386. The Morgan fingerprint density at radius 2 is 2.31 bits per heavy atom. The van der Waals surface area contributed by atoms with Crippen molar-refractivity contribution in [3.63, 3.8) is 0 Å². The molecule has 5 heteroatoms. The van der Waals surface area contributed by atoms with Gasteiger partial charge in [-0.1, -0.05) is 18.3 Å². The van der Waals surface area contributed by atoms with Crippen LogP contribution in [0.5, 0.6) is 0 Å². The lowest BCUT2D eigenvalue weighted by molar-refractivity contribution is 0.0606. The van der Waals surface area contributed by atoms with E-state index in [1.165, 1.54) is 18.4 Å². The maximum Gasteiger partial charge on any atom is 0.349 e. The van der Waals surface area contributed by atoms with Crippen molar-refractivity contribution < 1.29 is 9.53 Å². The number of rotatable bonds is 5. The first-order valence-electron chi connectivity index (χ1n) is 5.41. The van der Waals surface area contributed by atoms with Gasteiger partial charge in [-0.15, -0.1) is 0 Å². The third-order valence-electron chi connectivity index (χ3n) is 2.21. The van der Waals surface area contributed by atoms with E-state index in [4.69, 9.17) is 0 Å². The zero-order chi connectivity index (χ0) is 12.1. The van der Waals surface area contributed by atoms with E-state index < -0.39 is 0 Å². The molecule has 0 aliphatic heterocycles. The van der Waals surface area contributed by atoms with Gasteiger partial charge in [-0.3, -0.25) is 0 Å². The fourth-order valence-corrected chi connectivity index (χ4v) is 2.40. The average Bonchev–Trinajstić information content (AvgIpc) is 2.73. The van der Waals surface area contributed by atoms with Crippen molar-refractivity contribution in [3.05, 3.63) is 11.1 Å². The summed E-state index contributed by atoms with van der Waals surface area (Å²) in [5.74, 6) is -0.316. The van der Waals surface area contributed by atoms with Crippen LogP contribution in [0.4, 0.5) is 5.13 Å². The molecule has 0 aliphatic carbocycles. The number of ether oxygens (including phenoxy) is 1.